The van der Waals surface area contributed by atoms with E-state index >= 15 is 0 Å². The average Bonchev–Trinajstić information content (AvgIpc) is 2.80. The van der Waals surface area contributed by atoms with Crippen molar-refractivity contribution in [3.8, 4) is 0 Å². The zero-order valence-electron chi connectivity index (χ0n) is 9.02. The molecule has 1 aromatic carbocycles. The fourth-order valence-corrected chi connectivity index (χ4v) is 2.20. The number of hydrogen-bond acceptors (Lipinski definition) is 2. The first-order valence-corrected chi connectivity index (χ1v) is 5.82. The lowest BCUT2D eigenvalue weighted by molar-refractivity contribution is 0.160. The topological polar surface area (TPSA) is 32.3 Å². The van der Waals surface area contributed by atoms with Crippen LogP contribution in [0.15, 0.2) is 30.3 Å². The summed E-state index contributed by atoms with van der Waals surface area (Å²) in [6.45, 7) is 1.14. The van der Waals surface area contributed by atoms with Crippen molar-refractivity contribution in [2.45, 2.75) is 37.8 Å². The highest BCUT2D eigenvalue weighted by Crippen LogP contribution is 2.21. The number of aliphatic hydroxyl groups is 1. The summed E-state index contributed by atoms with van der Waals surface area (Å²) in [4.78, 5) is 0. The third-order valence-corrected chi connectivity index (χ3v) is 3.14. The van der Waals surface area contributed by atoms with Gasteiger partial charge in [-0.1, -0.05) is 30.3 Å². The molecule has 1 saturated heterocycles. The number of hydrogen-bond donors (Lipinski definition) is 2. The van der Waals surface area contributed by atoms with Gasteiger partial charge < -0.3 is 10.4 Å². The van der Waals surface area contributed by atoms with E-state index in [-0.39, 0.29) is 6.10 Å². The second-order valence-corrected chi connectivity index (χ2v) is 4.30. The zero-order chi connectivity index (χ0) is 10.5. The normalized spacial score (nSPS) is 22.9. The molecule has 2 atom stereocenters. The Kier molecular flexibility index (Phi) is 3.75. The average molecular weight is 205 g/mol. The Morgan fingerprint density at radius 1 is 1.33 bits per heavy atom. The van der Waals surface area contributed by atoms with Crippen molar-refractivity contribution in [2.24, 2.45) is 0 Å². The van der Waals surface area contributed by atoms with E-state index in [4.69, 9.17) is 0 Å². The Balaban J connectivity index is 1.79. The predicted octanol–water partition coefficient (Wildman–Crippen LogP) is 2.25. The lowest BCUT2D eigenvalue weighted by atomic mass is 10.0. The van der Waals surface area contributed by atoms with E-state index in [1.807, 2.05) is 30.3 Å². The fraction of sp³-hybridized carbons (Fsp3) is 0.538. The molecule has 0 spiro atoms. The minimum atomic E-state index is -0.298. The Morgan fingerprint density at radius 3 is 2.80 bits per heavy atom. The zero-order valence-corrected chi connectivity index (χ0v) is 9.02. The fourth-order valence-electron chi connectivity index (χ4n) is 2.20. The second kappa shape index (κ2) is 5.29. The molecule has 1 fully saturated rings. The maximum Gasteiger partial charge on any atom is 0.0790 e. The van der Waals surface area contributed by atoms with E-state index in [0.717, 1.165) is 24.9 Å². The molecule has 0 radical (unpaired) electrons. The summed E-state index contributed by atoms with van der Waals surface area (Å²) in [7, 11) is 0. The van der Waals surface area contributed by atoms with Gasteiger partial charge in [-0.2, -0.15) is 0 Å². The molecule has 2 unspecified atom stereocenters. The van der Waals surface area contributed by atoms with Gasteiger partial charge in [-0.15, -0.1) is 0 Å². The van der Waals surface area contributed by atoms with E-state index in [0.29, 0.717) is 6.04 Å². The van der Waals surface area contributed by atoms with Crippen LogP contribution in [-0.2, 0) is 0 Å². The van der Waals surface area contributed by atoms with Crippen LogP contribution >= 0.6 is 0 Å². The molecule has 82 valence electrons. The molecule has 2 nitrogen and oxygen atoms in total. The third-order valence-electron chi connectivity index (χ3n) is 3.14. The monoisotopic (exact) mass is 205 g/mol. The summed E-state index contributed by atoms with van der Waals surface area (Å²) in [6.07, 6.45) is 4.19. The van der Waals surface area contributed by atoms with Crippen LogP contribution in [0.5, 0.6) is 0 Å². The maximum atomic E-state index is 9.95. The van der Waals surface area contributed by atoms with Gasteiger partial charge in [0.15, 0.2) is 0 Å². The summed E-state index contributed by atoms with van der Waals surface area (Å²) >= 11 is 0. The van der Waals surface area contributed by atoms with Crippen LogP contribution in [0.4, 0.5) is 0 Å². The van der Waals surface area contributed by atoms with E-state index in [2.05, 4.69) is 5.32 Å². The van der Waals surface area contributed by atoms with E-state index in [1.165, 1.54) is 12.8 Å². The Morgan fingerprint density at radius 2 is 2.13 bits per heavy atom. The van der Waals surface area contributed by atoms with Crippen LogP contribution in [-0.4, -0.2) is 17.7 Å². The van der Waals surface area contributed by atoms with Gasteiger partial charge in [0.2, 0.25) is 0 Å². The van der Waals surface area contributed by atoms with Gasteiger partial charge in [0, 0.05) is 6.04 Å². The summed E-state index contributed by atoms with van der Waals surface area (Å²) in [5, 5.41) is 13.4. The molecule has 1 heterocycles. The molecule has 2 heteroatoms. The molecule has 0 bridgehead atoms. The molecule has 1 aromatic rings. The molecule has 0 saturated carbocycles. The molecule has 2 rings (SSSR count). The standard InChI is InChI=1S/C13H19NO/c15-13(11-5-2-1-3-6-11)9-8-12-7-4-10-14-12/h1-3,5-6,12-15H,4,7-10H2. The Hall–Kier alpha value is -0.860. The quantitative estimate of drug-likeness (QED) is 0.790. The van der Waals surface area contributed by atoms with Crippen LogP contribution in [0.3, 0.4) is 0 Å². The highest BCUT2D eigenvalue weighted by Gasteiger charge is 2.16. The molecule has 0 aliphatic carbocycles. The molecule has 0 amide bonds. The highest BCUT2D eigenvalue weighted by molar-refractivity contribution is 5.17. The van der Waals surface area contributed by atoms with Crippen molar-refractivity contribution < 1.29 is 5.11 Å². The highest BCUT2D eigenvalue weighted by atomic mass is 16.3. The molecule has 1 aliphatic heterocycles. The van der Waals surface area contributed by atoms with Crippen LogP contribution in [0.2, 0.25) is 0 Å². The SMILES string of the molecule is OC(CCC1CCCN1)c1ccccc1. The minimum absolute atomic E-state index is 0.298. The van der Waals surface area contributed by atoms with Gasteiger partial charge in [0.25, 0.3) is 0 Å². The lowest BCUT2D eigenvalue weighted by Gasteiger charge is -2.14. The Bertz CT molecular complexity index is 280. The lowest BCUT2D eigenvalue weighted by Crippen LogP contribution is -2.21. The first-order chi connectivity index (χ1) is 7.36. The van der Waals surface area contributed by atoms with Crippen LogP contribution in [0, 0.1) is 0 Å². The van der Waals surface area contributed by atoms with E-state index in [1.54, 1.807) is 0 Å². The molecular weight excluding hydrogens is 186 g/mol. The van der Waals surface area contributed by atoms with E-state index < -0.39 is 0 Å². The van der Waals surface area contributed by atoms with Crippen LogP contribution in [0.25, 0.3) is 0 Å². The second-order valence-electron chi connectivity index (χ2n) is 4.30. The van der Waals surface area contributed by atoms with Crippen LogP contribution < -0.4 is 5.32 Å². The van der Waals surface area contributed by atoms with Crippen molar-refractivity contribution in [3.05, 3.63) is 35.9 Å². The van der Waals surface area contributed by atoms with Crippen molar-refractivity contribution in [1.82, 2.24) is 5.32 Å². The molecule has 0 aromatic heterocycles. The van der Waals surface area contributed by atoms with Gasteiger partial charge in [0.05, 0.1) is 6.10 Å². The van der Waals surface area contributed by atoms with Crippen molar-refractivity contribution in [1.29, 1.82) is 0 Å². The third kappa shape index (κ3) is 3.05. The first-order valence-electron chi connectivity index (χ1n) is 5.82. The summed E-state index contributed by atoms with van der Waals surface area (Å²) in [5.74, 6) is 0. The van der Waals surface area contributed by atoms with Gasteiger partial charge in [-0.25, -0.2) is 0 Å². The smallest absolute Gasteiger partial charge is 0.0790 e. The number of nitrogens with one attached hydrogen (secondary N) is 1. The maximum absolute atomic E-state index is 9.95. The van der Waals surface area contributed by atoms with Gasteiger partial charge >= 0.3 is 0 Å². The molecule has 1 aliphatic rings. The predicted molar refractivity (Wildman–Crippen MR) is 61.7 cm³/mol. The summed E-state index contributed by atoms with van der Waals surface area (Å²) < 4.78 is 0. The first kappa shape index (κ1) is 10.7. The van der Waals surface area contributed by atoms with Crippen molar-refractivity contribution >= 4 is 0 Å². The van der Waals surface area contributed by atoms with Gasteiger partial charge in [-0.3, -0.25) is 0 Å². The molecule has 2 N–H and O–H groups in total. The van der Waals surface area contributed by atoms with Gasteiger partial charge in [0.1, 0.15) is 0 Å². The minimum Gasteiger partial charge on any atom is -0.388 e. The largest absolute Gasteiger partial charge is 0.388 e. The van der Waals surface area contributed by atoms with Gasteiger partial charge in [-0.05, 0) is 37.8 Å². The molecule has 15 heavy (non-hydrogen) atoms. The number of aliphatic hydroxyl groups excluding tert-OH is 1. The van der Waals surface area contributed by atoms with E-state index in [9.17, 15) is 5.11 Å². The molecular formula is C13H19NO. The summed E-state index contributed by atoms with van der Waals surface area (Å²) in [6, 6.07) is 10.6. The Labute approximate surface area is 91.3 Å². The van der Waals surface area contributed by atoms with Crippen LogP contribution in [0.1, 0.15) is 37.4 Å². The number of rotatable bonds is 4. The summed E-state index contributed by atoms with van der Waals surface area (Å²) in [5.41, 5.74) is 1.04. The van der Waals surface area contributed by atoms with Crippen molar-refractivity contribution in [3.63, 3.8) is 0 Å². The number of benzene rings is 1. The van der Waals surface area contributed by atoms with Crippen molar-refractivity contribution in [2.75, 3.05) is 6.54 Å².